The Hall–Kier alpha value is -2.19. The van der Waals surface area contributed by atoms with Crippen LogP contribution in [0.15, 0.2) is 41.6 Å². The zero-order valence-electron chi connectivity index (χ0n) is 16.2. The number of carbonyl (C=O) groups is 1. The molecule has 1 aliphatic heterocycles. The summed E-state index contributed by atoms with van der Waals surface area (Å²) in [5.41, 5.74) is 1.58. The van der Waals surface area contributed by atoms with Gasteiger partial charge in [-0.15, -0.1) is 0 Å². The summed E-state index contributed by atoms with van der Waals surface area (Å²) in [5.74, 6) is -0.116. The number of carbonyl (C=O) groups excluding carboxylic acids is 1. The number of aromatic nitrogens is 2. The normalized spacial score (nSPS) is 16.5. The minimum absolute atomic E-state index is 0.0272. The molecule has 1 amide bonds. The van der Waals surface area contributed by atoms with Crippen LogP contribution in [0.3, 0.4) is 0 Å². The zero-order chi connectivity index (χ0) is 19.8. The molecule has 1 aromatic carbocycles. The molecule has 146 valence electrons. The Morgan fingerprint density at radius 3 is 2.11 bits per heavy atom. The molecule has 8 heteroatoms. The third kappa shape index (κ3) is 4.06. The summed E-state index contributed by atoms with van der Waals surface area (Å²) in [4.78, 5) is 14.4. The molecule has 2 aromatic rings. The second-order valence-electron chi connectivity index (χ2n) is 7.87. The van der Waals surface area contributed by atoms with Gasteiger partial charge in [0.15, 0.2) is 0 Å². The Bertz CT molecular complexity index is 919. The quantitative estimate of drug-likeness (QED) is 0.802. The molecule has 27 heavy (non-hydrogen) atoms. The van der Waals surface area contributed by atoms with E-state index in [1.54, 1.807) is 35.0 Å². The molecule has 3 rings (SSSR count). The molecule has 0 N–H and O–H groups in total. The molecule has 1 fully saturated rings. The van der Waals surface area contributed by atoms with E-state index in [-0.39, 0.29) is 24.4 Å². The van der Waals surface area contributed by atoms with Crippen LogP contribution in [0.1, 0.15) is 36.7 Å². The highest BCUT2D eigenvalue weighted by Crippen LogP contribution is 2.25. The van der Waals surface area contributed by atoms with Gasteiger partial charge in [-0.05, 0) is 23.1 Å². The Morgan fingerprint density at radius 2 is 1.63 bits per heavy atom. The lowest BCUT2D eigenvalue weighted by Crippen LogP contribution is -2.50. The third-order valence-corrected chi connectivity index (χ3v) is 6.75. The lowest BCUT2D eigenvalue weighted by atomic mass is 9.87. The average Bonchev–Trinajstić information content (AvgIpc) is 3.07. The first-order valence-electron chi connectivity index (χ1n) is 8.98. The van der Waals surface area contributed by atoms with E-state index in [2.05, 4.69) is 25.9 Å². The smallest absolute Gasteiger partial charge is 0.257 e. The van der Waals surface area contributed by atoms with Gasteiger partial charge in [0.2, 0.25) is 10.0 Å². The van der Waals surface area contributed by atoms with E-state index in [9.17, 15) is 13.2 Å². The van der Waals surface area contributed by atoms with Gasteiger partial charge in [0.1, 0.15) is 0 Å². The Morgan fingerprint density at radius 1 is 1.04 bits per heavy atom. The molecule has 2 heterocycles. The first-order valence-corrected chi connectivity index (χ1v) is 10.4. The van der Waals surface area contributed by atoms with Crippen LogP contribution in [-0.4, -0.2) is 59.5 Å². The highest BCUT2D eigenvalue weighted by atomic mass is 32.2. The number of benzene rings is 1. The molecule has 1 saturated heterocycles. The second kappa shape index (κ2) is 7.09. The van der Waals surface area contributed by atoms with Gasteiger partial charge in [-0.25, -0.2) is 8.42 Å². The molecule has 1 aliphatic rings. The van der Waals surface area contributed by atoms with E-state index in [0.29, 0.717) is 23.5 Å². The third-order valence-electron chi connectivity index (χ3n) is 4.84. The Labute approximate surface area is 160 Å². The van der Waals surface area contributed by atoms with Crippen molar-refractivity contribution in [2.75, 3.05) is 26.2 Å². The summed E-state index contributed by atoms with van der Waals surface area (Å²) in [7, 11) is -1.80. The largest absolute Gasteiger partial charge is 0.336 e. The maximum Gasteiger partial charge on any atom is 0.257 e. The summed E-state index contributed by atoms with van der Waals surface area (Å²) in [6.45, 7) is 7.59. The first kappa shape index (κ1) is 19.6. The van der Waals surface area contributed by atoms with Gasteiger partial charge in [0.25, 0.3) is 5.91 Å². The topological polar surface area (TPSA) is 75.5 Å². The Balaban J connectivity index is 1.68. The lowest BCUT2D eigenvalue weighted by Gasteiger charge is -2.34. The second-order valence-corrected chi connectivity index (χ2v) is 9.81. The van der Waals surface area contributed by atoms with Gasteiger partial charge in [-0.1, -0.05) is 32.9 Å². The highest BCUT2D eigenvalue weighted by molar-refractivity contribution is 7.89. The van der Waals surface area contributed by atoms with Crippen molar-refractivity contribution in [3.8, 4) is 0 Å². The fourth-order valence-electron chi connectivity index (χ4n) is 3.12. The van der Waals surface area contributed by atoms with Crippen LogP contribution < -0.4 is 0 Å². The minimum atomic E-state index is -3.56. The van der Waals surface area contributed by atoms with Crippen LogP contribution in [0, 0.1) is 0 Å². The van der Waals surface area contributed by atoms with Gasteiger partial charge < -0.3 is 4.90 Å². The van der Waals surface area contributed by atoms with Crippen molar-refractivity contribution in [2.24, 2.45) is 7.05 Å². The molecule has 1 aromatic heterocycles. The van der Waals surface area contributed by atoms with Crippen molar-refractivity contribution in [3.05, 3.63) is 47.8 Å². The van der Waals surface area contributed by atoms with Crippen molar-refractivity contribution in [1.82, 2.24) is 19.0 Å². The average molecular weight is 391 g/mol. The Kier molecular flexibility index (Phi) is 5.14. The minimum Gasteiger partial charge on any atom is -0.336 e. The number of amides is 1. The van der Waals surface area contributed by atoms with Crippen LogP contribution in [0.25, 0.3) is 0 Å². The maximum atomic E-state index is 12.9. The molecule has 0 bridgehead atoms. The maximum absolute atomic E-state index is 12.9. The van der Waals surface area contributed by atoms with Gasteiger partial charge in [-0.3, -0.25) is 9.48 Å². The van der Waals surface area contributed by atoms with Crippen molar-refractivity contribution < 1.29 is 13.2 Å². The van der Waals surface area contributed by atoms with Gasteiger partial charge in [0.05, 0.1) is 16.7 Å². The number of aryl methyl sites for hydroxylation is 1. The van der Waals surface area contributed by atoms with E-state index in [0.717, 1.165) is 5.56 Å². The van der Waals surface area contributed by atoms with Crippen LogP contribution >= 0.6 is 0 Å². The van der Waals surface area contributed by atoms with Crippen molar-refractivity contribution >= 4 is 15.9 Å². The molecule has 7 nitrogen and oxygen atoms in total. The summed E-state index contributed by atoms with van der Waals surface area (Å²) in [5, 5.41) is 4.01. The SMILES string of the molecule is Cn1cc(C(=O)N2CCN(S(=O)(=O)c3ccc(C(C)(C)C)cc3)CC2)cn1. The predicted molar refractivity (Wildman–Crippen MR) is 103 cm³/mol. The summed E-state index contributed by atoms with van der Waals surface area (Å²) in [6, 6.07) is 7.08. The fourth-order valence-corrected chi connectivity index (χ4v) is 4.54. The standard InChI is InChI=1S/C19H26N4O3S/c1-19(2,3)16-5-7-17(8-6-16)27(25,26)23-11-9-22(10-12-23)18(24)15-13-20-21(4)14-15/h5-8,13-14H,9-12H2,1-4H3. The molecule has 0 aliphatic carbocycles. The summed E-state index contributed by atoms with van der Waals surface area (Å²) >= 11 is 0. The summed E-state index contributed by atoms with van der Waals surface area (Å²) < 4.78 is 28.8. The molecule has 0 radical (unpaired) electrons. The zero-order valence-corrected chi connectivity index (χ0v) is 17.0. The van der Waals surface area contributed by atoms with Gasteiger partial charge in [0, 0.05) is 39.4 Å². The molecular weight excluding hydrogens is 364 g/mol. The van der Waals surface area contributed by atoms with Crippen molar-refractivity contribution in [2.45, 2.75) is 31.1 Å². The van der Waals surface area contributed by atoms with Gasteiger partial charge in [-0.2, -0.15) is 9.40 Å². The number of piperazine rings is 1. The number of rotatable bonds is 3. The number of hydrogen-bond acceptors (Lipinski definition) is 4. The molecule has 0 unspecified atom stereocenters. The molecule has 0 atom stereocenters. The van der Waals surface area contributed by atoms with Crippen molar-refractivity contribution in [3.63, 3.8) is 0 Å². The highest BCUT2D eigenvalue weighted by Gasteiger charge is 2.31. The van der Waals surface area contributed by atoms with E-state index in [1.807, 2.05) is 12.1 Å². The van der Waals surface area contributed by atoms with Gasteiger partial charge >= 0.3 is 0 Å². The van der Waals surface area contributed by atoms with Crippen molar-refractivity contribution in [1.29, 1.82) is 0 Å². The molecular formula is C19H26N4O3S. The number of nitrogens with zero attached hydrogens (tertiary/aromatic N) is 4. The van der Waals surface area contributed by atoms with Crippen LogP contribution in [-0.2, 0) is 22.5 Å². The van der Waals surface area contributed by atoms with Crippen LogP contribution in [0.2, 0.25) is 0 Å². The molecule has 0 saturated carbocycles. The lowest BCUT2D eigenvalue weighted by molar-refractivity contribution is 0.0698. The molecule has 0 spiro atoms. The predicted octanol–water partition coefficient (Wildman–Crippen LogP) is 1.86. The van der Waals surface area contributed by atoms with E-state index in [1.165, 1.54) is 10.5 Å². The van der Waals surface area contributed by atoms with Crippen LogP contribution in [0.5, 0.6) is 0 Å². The fraction of sp³-hybridized carbons (Fsp3) is 0.474. The summed E-state index contributed by atoms with van der Waals surface area (Å²) in [6.07, 6.45) is 3.20. The van der Waals surface area contributed by atoms with E-state index in [4.69, 9.17) is 0 Å². The first-order chi connectivity index (χ1) is 12.6. The number of hydrogen-bond donors (Lipinski definition) is 0. The van der Waals surface area contributed by atoms with Crippen LogP contribution in [0.4, 0.5) is 0 Å². The van der Waals surface area contributed by atoms with E-state index >= 15 is 0 Å². The monoisotopic (exact) mass is 390 g/mol. The number of sulfonamides is 1. The van der Waals surface area contributed by atoms with E-state index < -0.39 is 10.0 Å².